The smallest absolute Gasteiger partial charge is 0.201 e. The van der Waals surface area contributed by atoms with Crippen molar-refractivity contribution in [3.8, 4) is 16.9 Å². The summed E-state index contributed by atoms with van der Waals surface area (Å²) >= 11 is 0. The Labute approximate surface area is 212 Å². The Morgan fingerprint density at radius 3 is 2.14 bits per heavy atom. The Hall–Kier alpha value is -2.56. The van der Waals surface area contributed by atoms with E-state index >= 15 is 0 Å². The van der Waals surface area contributed by atoms with Gasteiger partial charge in [-0.3, -0.25) is 0 Å². The SMILES string of the molecule is CCCC1C=CC(/C=C/C2CCC(COc3ccc(-c4ccc(C)c(F)c4F)c(F)c3F)CC2)CC1. The third kappa shape index (κ3) is 6.22. The van der Waals surface area contributed by atoms with Crippen LogP contribution in [0, 0.1) is 53.9 Å². The number of halogens is 4. The molecule has 0 spiro atoms. The molecule has 0 N–H and O–H groups in total. The Bertz CT molecular complexity index is 1100. The van der Waals surface area contributed by atoms with E-state index in [0.29, 0.717) is 18.4 Å². The van der Waals surface area contributed by atoms with Gasteiger partial charge in [-0.1, -0.05) is 49.8 Å². The van der Waals surface area contributed by atoms with Crippen molar-refractivity contribution in [2.45, 2.75) is 65.2 Å². The van der Waals surface area contributed by atoms with Crippen LogP contribution in [-0.2, 0) is 0 Å². The van der Waals surface area contributed by atoms with E-state index in [4.69, 9.17) is 4.74 Å². The minimum absolute atomic E-state index is 0.105. The molecule has 0 radical (unpaired) electrons. The van der Waals surface area contributed by atoms with E-state index < -0.39 is 23.3 Å². The monoisotopic (exact) mass is 500 g/mol. The Balaban J connectivity index is 1.28. The lowest BCUT2D eigenvalue weighted by atomic mass is 9.81. The second-order valence-corrected chi connectivity index (χ2v) is 10.4. The summed E-state index contributed by atoms with van der Waals surface area (Å²) in [7, 11) is 0. The normalized spacial score (nSPS) is 24.4. The van der Waals surface area contributed by atoms with Gasteiger partial charge in [-0.2, -0.15) is 4.39 Å². The quantitative estimate of drug-likeness (QED) is 0.259. The maximum atomic E-state index is 14.7. The van der Waals surface area contributed by atoms with Crippen molar-refractivity contribution < 1.29 is 22.3 Å². The molecule has 1 nitrogen and oxygen atoms in total. The molecule has 0 saturated heterocycles. The van der Waals surface area contributed by atoms with E-state index in [1.165, 1.54) is 56.9 Å². The van der Waals surface area contributed by atoms with Crippen LogP contribution in [0.2, 0.25) is 0 Å². The molecular weight excluding hydrogens is 464 g/mol. The average Bonchev–Trinajstić information content (AvgIpc) is 2.89. The van der Waals surface area contributed by atoms with Crippen LogP contribution in [0.5, 0.6) is 5.75 Å². The van der Waals surface area contributed by atoms with E-state index in [0.717, 1.165) is 31.6 Å². The second-order valence-electron chi connectivity index (χ2n) is 10.4. The highest BCUT2D eigenvalue weighted by Gasteiger charge is 2.24. The fourth-order valence-corrected chi connectivity index (χ4v) is 5.43. The van der Waals surface area contributed by atoms with E-state index in [1.54, 1.807) is 0 Å². The predicted octanol–water partition coefficient (Wildman–Crippen LogP) is 9.34. The summed E-state index contributed by atoms with van der Waals surface area (Å²) in [6.07, 6.45) is 18.6. The zero-order chi connectivity index (χ0) is 25.7. The molecule has 4 rings (SSSR count). The van der Waals surface area contributed by atoms with Crippen LogP contribution in [0.3, 0.4) is 0 Å². The highest BCUT2D eigenvalue weighted by Crippen LogP contribution is 2.35. The molecule has 2 aromatic carbocycles. The molecule has 1 saturated carbocycles. The molecule has 36 heavy (non-hydrogen) atoms. The van der Waals surface area contributed by atoms with Crippen molar-refractivity contribution in [3.05, 3.63) is 77.4 Å². The minimum atomic E-state index is -1.23. The number of rotatable bonds is 8. The van der Waals surface area contributed by atoms with Crippen molar-refractivity contribution >= 4 is 0 Å². The van der Waals surface area contributed by atoms with Crippen molar-refractivity contribution in [3.63, 3.8) is 0 Å². The minimum Gasteiger partial charge on any atom is -0.490 e. The molecule has 2 aliphatic carbocycles. The molecule has 2 aliphatic rings. The maximum absolute atomic E-state index is 14.7. The number of aryl methyl sites for hydroxylation is 1. The summed E-state index contributed by atoms with van der Waals surface area (Å²) in [4.78, 5) is 0. The lowest BCUT2D eigenvalue weighted by molar-refractivity contribution is 0.188. The zero-order valence-corrected chi connectivity index (χ0v) is 21.2. The number of allylic oxidation sites excluding steroid dienone is 4. The molecule has 2 unspecified atom stereocenters. The first-order valence-electron chi connectivity index (χ1n) is 13.3. The van der Waals surface area contributed by atoms with Crippen LogP contribution in [0.1, 0.15) is 63.9 Å². The lowest BCUT2D eigenvalue weighted by Gasteiger charge is -2.27. The molecule has 2 aromatic rings. The molecule has 5 heteroatoms. The molecule has 0 heterocycles. The van der Waals surface area contributed by atoms with Gasteiger partial charge in [0.25, 0.3) is 0 Å². The molecule has 194 valence electrons. The number of hydrogen-bond acceptors (Lipinski definition) is 1. The van der Waals surface area contributed by atoms with Gasteiger partial charge in [-0.25, -0.2) is 13.2 Å². The molecule has 0 aliphatic heterocycles. The largest absolute Gasteiger partial charge is 0.490 e. The van der Waals surface area contributed by atoms with Gasteiger partial charge in [-0.05, 0) is 93.2 Å². The van der Waals surface area contributed by atoms with Gasteiger partial charge in [0.2, 0.25) is 5.82 Å². The first-order chi connectivity index (χ1) is 17.4. The molecule has 1 fully saturated rings. The summed E-state index contributed by atoms with van der Waals surface area (Å²) in [5.41, 5.74) is -0.525. The van der Waals surface area contributed by atoms with E-state index in [1.807, 2.05) is 0 Å². The highest BCUT2D eigenvalue weighted by molar-refractivity contribution is 5.66. The number of hydrogen-bond donors (Lipinski definition) is 0. The molecular formula is C31H36F4O. The van der Waals surface area contributed by atoms with Gasteiger partial charge in [0.15, 0.2) is 23.2 Å². The lowest BCUT2D eigenvalue weighted by Crippen LogP contribution is -2.20. The van der Waals surface area contributed by atoms with E-state index in [-0.39, 0.29) is 28.4 Å². The summed E-state index contributed by atoms with van der Waals surface area (Å²) in [6, 6.07) is 5.14. The molecule has 0 bridgehead atoms. The summed E-state index contributed by atoms with van der Waals surface area (Å²) in [5.74, 6) is -2.72. The number of benzene rings is 2. The first kappa shape index (κ1) is 26.5. The molecule has 0 amide bonds. The average molecular weight is 501 g/mol. The molecule has 2 atom stereocenters. The molecule has 0 aromatic heterocycles. The van der Waals surface area contributed by atoms with Gasteiger partial charge in [0, 0.05) is 11.1 Å². The second kappa shape index (κ2) is 12.1. The van der Waals surface area contributed by atoms with Crippen LogP contribution >= 0.6 is 0 Å². The third-order valence-electron chi connectivity index (χ3n) is 7.77. The van der Waals surface area contributed by atoms with Gasteiger partial charge >= 0.3 is 0 Å². The summed E-state index contributed by atoms with van der Waals surface area (Å²) in [6.45, 7) is 3.96. The van der Waals surface area contributed by atoms with E-state index in [2.05, 4.69) is 31.2 Å². The standard InChI is InChI=1S/C31H36F4O/c1-3-4-21-6-8-22(9-7-21)10-11-23-12-14-24(15-13-23)19-36-27-18-17-26(30(34)31(27)35)25-16-5-20(2)28(32)29(25)33/h5-6,8,10-11,16-18,21-24H,3-4,7,9,12-15,19H2,1-2H3/b11-10+. The Morgan fingerprint density at radius 1 is 0.778 bits per heavy atom. The van der Waals surface area contributed by atoms with Crippen LogP contribution in [0.25, 0.3) is 11.1 Å². The topological polar surface area (TPSA) is 9.23 Å². The summed E-state index contributed by atoms with van der Waals surface area (Å²) < 4.78 is 63.2. The van der Waals surface area contributed by atoms with E-state index in [9.17, 15) is 17.6 Å². The maximum Gasteiger partial charge on any atom is 0.201 e. The van der Waals surface area contributed by atoms with Crippen molar-refractivity contribution in [1.82, 2.24) is 0 Å². The Morgan fingerprint density at radius 2 is 1.47 bits per heavy atom. The van der Waals surface area contributed by atoms with Crippen molar-refractivity contribution in [1.29, 1.82) is 0 Å². The van der Waals surface area contributed by atoms with Gasteiger partial charge in [-0.15, -0.1) is 0 Å². The fraction of sp³-hybridized carbons (Fsp3) is 0.484. The van der Waals surface area contributed by atoms with Crippen molar-refractivity contribution in [2.75, 3.05) is 6.61 Å². The number of ether oxygens (including phenoxy) is 1. The predicted molar refractivity (Wildman–Crippen MR) is 137 cm³/mol. The van der Waals surface area contributed by atoms with Crippen LogP contribution in [-0.4, -0.2) is 6.61 Å². The van der Waals surface area contributed by atoms with Gasteiger partial charge in [0.05, 0.1) is 6.61 Å². The van der Waals surface area contributed by atoms with Crippen molar-refractivity contribution in [2.24, 2.45) is 23.7 Å². The third-order valence-corrected chi connectivity index (χ3v) is 7.77. The van der Waals surface area contributed by atoms with Crippen LogP contribution in [0.4, 0.5) is 17.6 Å². The van der Waals surface area contributed by atoms with Gasteiger partial charge in [0.1, 0.15) is 0 Å². The van der Waals surface area contributed by atoms with Crippen LogP contribution < -0.4 is 4.74 Å². The first-order valence-corrected chi connectivity index (χ1v) is 13.3. The highest BCUT2D eigenvalue weighted by atomic mass is 19.2. The van der Waals surface area contributed by atoms with Crippen LogP contribution in [0.15, 0.2) is 48.6 Å². The summed E-state index contributed by atoms with van der Waals surface area (Å²) in [5, 5.41) is 0. The fourth-order valence-electron chi connectivity index (χ4n) is 5.43. The Kier molecular flexibility index (Phi) is 8.92. The zero-order valence-electron chi connectivity index (χ0n) is 21.2. The van der Waals surface area contributed by atoms with Gasteiger partial charge < -0.3 is 4.74 Å².